The molecule has 0 unspecified atom stereocenters. The van der Waals surface area contributed by atoms with Gasteiger partial charge in [-0.05, 0) is 36.4 Å². The van der Waals surface area contributed by atoms with Crippen LogP contribution in [0.3, 0.4) is 0 Å². The first-order valence-corrected chi connectivity index (χ1v) is 9.59. The van der Waals surface area contributed by atoms with Gasteiger partial charge in [0.1, 0.15) is 5.75 Å². The van der Waals surface area contributed by atoms with Crippen LogP contribution < -0.4 is 10.1 Å². The van der Waals surface area contributed by atoms with E-state index in [-0.39, 0.29) is 11.7 Å². The van der Waals surface area contributed by atoms with E-state index < -0.39 is 0 Å². The lowest BCUT2D eigenvalue weighted by Gasteiger charge is -2.08. The number of imidazole rings is 1. The van der Waals surface area contributed by atoms with E-state index in [9.17, 15) is 4.79 Å². The molecule has 0 saturated heterocycles. The number of hydrogen-bond acceptors (Lipinski definition) is 6. The van der Waals surface area contributed by atoms with Crippen LogP contribution in [0.5, 0.6) is 5.75 Å². The Morgan fingerprint density at radius 2 is 2.00 bits per heavy atom. The van der Waals surface area contributed by atoms with Crippen LogP contribution in [-0.2, 0) is 11.3 Å². The molecule has 0 saturated carbocycles. The zero-order chi connectivity index (χ0) is 19.3. The molecule has 0 atom stereocenters. The maximum absolute atomic E-state index is 12.3. The van der Waals surface area contributed by atoms with Gasteiger partial charge in [0, 0.05) is 24.3 Å². The Labute approximate surface area is 165 Å². The monoisotopic (exact) mass is 394 g/mol. The molecule has 28 heavy (non-hydrogen) atoms. The molecular formula is C19H18N6O2S. The maximum Gasteiger partial charge on any atom is 0.230 e. The first-order valence-electron chi connectivity index (χ1n) is 8.60. The molecule has 3 aromatic heterocycles. The molecule has 1 amide bonds. The number of rotatable bonds is 7. The van der Waals surface area contributed by atoms with Gasteiger partial charge in [-0.15, -0.1) is 10.2 Å². The van der Waals surface area contributed by atoms with Crippen molar-refractivity contribution in [1.82, 2.24) is 29.5 Å². The summed E-state index contributed by atoms with van der Waals surface area (Å²) < 4.78 is 8.97. The molecule has 142 valence electrons. The third-order valence-corrected chi connectivity index (χ3v) is 5.08. The minimum absolute atomic E-state index is 0.0954. The summed E-state index contributed by atoms with van der Waals surface area (Å²) in [5.74, 6) is 1.64. The molecule has 0 aliphatic carbocycles. The maximum atomic E-state index is 12.3. The van der Waals surface area contributed by atoms with Crippen LogP contribution in [0, 0.1) is 0 Å². The van der Waals surface area contributed by atoms with Crippen molar-refractivity contribution in [3.63, 3.8) is 0 Å². The summed E-state index contributed by atoms with van der Waals surface area (Å²) in [6, 6.07) is 13.3. The molecule has 9 heteroatoms. The van der Waals surface area contributed by atoms with Gasteiger partial charge in [-0.25, -0.2) is 4.98 Å². The summed E-state index contributed by atoms with van der Waals surface area (Å²) in [5, 5.41) is 11.8. The van der Waals surface area contributed by atoms with Crippen LogP contribution in [0.15, 0.2) is 66.2 Å². The van der Waals surface area contributed by atoms with E-state index >= 15 is 0 Å². The average Bonchev–Trinajstić information content (AvgIpc) is 3.38. The van der Waals surface area contributed by atoms with Crippen molar-refractivity contribution in [3.8, 4) is 11.4 Å². The number of methoxy groups -OCH3 is 1. The largest absolute Gasteiger partial charge is 0.497 e. The van der Waals surface area contributed by atoms with Gasteiger partial charge >= 0.3 is 0 Å². The molecule has 8 nitrogen and oxygen atoms in total. The number of benzene rings is 1. The highest BCUT2D eigenvalue weighted by atomic mass is 32.2. The third kappa shape index (κ3) is 3.84. The van der Waals surface area contributed by atoms with Gasteiger partial charge in [0.05, 0.1) is 19.4 Å². The first-order chi connectivity index (χ1) is 13.7. The van der Waals surface area contributed by atoms with Gasteiger partial charge in [-0.2, -0.15) is 0 Å². The minimum Gasteiger partial charge on any atom is -0.497 e. The summed E-state index contributed by atoms with van der Waals surface area (Å²) in [5.41, 5.74) is 1.71. The number of aromatic nitrogens is 5. The Kier molecular flexibility index (Phi) is 5.24. The summed E-state index contributed by atoms with van der Waals surface area (Å²) in [7, 11) is 1.63. The second-order valence-electron chi connectivity index (χ2n) is 5.89. The number of carbonyl (C=O) groups excluding carboxylic acids is 1. The molecule has 0 bridgehead atoms. The quantitative estimate of drug-likeness (QED) is 0.484. The summed E-state index contributed by atoms with van der Waals surface area (Å²) >= 11 is 1.37. The van der Waals surface area contributed by atoms with E-state index in [1.54, 1.807) is 13.3 Å². The van der Waals surface area contributed by atoms with Gasteiger partial charge in [0.2, 0.25) is 5.91 Å². The summed E-state index contributed by atoms with van der Waals surface area (Å²) in [4.78, 5) is 16.6. The van der Waals surface area contributed by atoms with Crippen molar-refractivity contribution < 1.29 is 9.53 Å². The van der Waals surface area contributed by atoms with Gasteiger partial charge in [0.25, 0.3) is 0 Å². The molecule has 0 spiro atoms. The molecule has 4 rings (SSSR count). The van der Waals surface area contributed by atoms with Crippen LogP contribution in [0.4, 0.5) is 0 Å². The number of ether oxygens (including phenoxy) is 1. The second-order valence-corrected chi connectivity index (χ2v) is 6.83. The lowest BCUT2D eigenvalue weighted by atomic mass is 10.3. The fourth-order valence-electron chi connectivity index (χ4n) is 2.71. The predicted octanol–water partition coefficient (Wildman–Crippen LogP) is 2.33. The summed E-state index contributed by atoms with van der Waals surface area (Å²) in [6.07, 6.45) is 5.45. The fourth-order valence-corrected chi connectivity index (χ4v) is 3.51. The number of fused-ring (bicyclic) bond motifs is 1. The van der Waals surface area contributed by atoms with Crippen LogP contribution in [-0.4, -0.2) is 42.9 Å². The highest BCUT2D eigenvalue weighted by molar-refractivity contribution is 7.99. The van der Waals surface area contributed by atoms with Crippen molar-refractivity contribution in [2.75, 3.05) is 12.9 Å². The van der Waals surface area contributed by atoms with E-state index in [0.717, 1.165) is 22.2 Å². The van der Waals surface area contributed by atoms with Crippen molar-refractivity contribution >= 4 is 23.3 Å². The number of pyridine rings is 1. The molecule has 1 N–H and O–H groups in total. The van der Waals surface area contributed by atoms with Gasteiger partial charge in [-0.3, -0.25) is 13.8 Å². The van der Waals surface area contributed by atoms with Crippen LogP contribution in [0.2, 0.25) is 0 Å². The molecule has 0 aliphatic heterocycles. The number of nitrogens with one attached hydrogen (secondary N) is 1. The van der Waals surface area contributed by atoms with E-state index in [2.05, 4.69) is 20.5 Å². The van der Waals surface area contributed by atoms with E-state index in [4.69, 9.17) is 4.74 Å². The highest BCUT2D eigenvalue weighted by Crippen LogP contribution is 2.22. The Morgan fingerprint density at radius 1 is 1.14 bits per heavy atom. The Morgan fingerprint density at radius 3 is 2.82 bits per heavy atom. The van der Waals surface area contributed by atoms with Gasteiger partial charge in [-0.1, -0.05) is 17.8 Å². The number of nitrogens with zero attached hydrogens (tertiary/aromatic N) is 5. The molecule has 0 radical (unpaired) electrons. The zero-order valence-corrected chi connectivity index (χ0v) is 16.0. The van der Waals surface area contributed by atoms with Crippen molar-refractivity contribution in [2.45, 2.75) is 11.7 Å². The second kappa shape index (κ2) is 8.13. The lowest BCUT2D eigenvalue weighted by Crippen LogP contribution is -2.25. The number of hydrogen-bond donors (Lipinski definition) is 1. The normalized spacial score (nSPS) is 10.9. The van der Waals surface area contributed by atoms with Gasteiger partial charge in [0.15, 0.2) is 16.6 Å². The van der Waals surface area contributed by atoms with Crippen molar-refractivity contribution in [2.24, 2.45) is 0 Å². The Bertz CT molecular complexity index is 1090. The van der Waals surface area contributed by atoms with E-state index in [1.165, 1.54) is 11.8 Å². The standard InChI is InChI=1S/C19H18N6O2S/c1-27-15-7-5-14(6-8-15)24-11-9-20-19(24)28-13-18(26)21-12-17-23-22-16-4-2-3-10-25(16)17/h2-11H,12-13H2,1H3,(H,21,26). The molecule has 1 aromatic carbocycles. The molecule has 0 fully saturated rings. The molecule has 0 aliphatic rings. The topological polar surface area (TPSA) is 86.3 Å². The van der Waals surface area contributed by atoms with Crippen LogP contribution in [0.1, 0.15) is 5.82 Å². The highest BCUT2D eigenvalue weighted by Gasteiger charge is 2.11. The molecule has 4 aromatic rings. The lowest BCUT2D eigenvalue weighted by molar-refractivity contribution is -0.118. The minimum atomic E-state index is -0.0954. The summed E-state index contributed by atoms with van der Waals surface area (Å²) in [6.45, 7) is 0.317. The third-order valence-electron chi connectivity index (χ3n) is 4.12. The average molecular weight is 394 g/mol. The number of carbonyl (C=O) groups is 1. The first kappa shape index (κ1) is 18.1. The van der Waals surface area contributed by atoms with Crippen LogP contribution in [0.25, 0.3) is 11.3 Å². The molecule has 3 heterocycles. The van der Waals surface area contributed by atoms with Crippen molar-refractivity contribution in [1.29, 1.82) is 0 Å². The fraction of sp³-hybridized carbons (Fsp3) is 0.158. The van der Waals surface area contributed by atoms with Crippen molar-refractivity contribution in [3.05, 3.63) is 66.9 Å². The van der Waals surface area contributed by atoms with E-state index in [1.807, 2.05) is 63.8 Å². The number of thioether (sulfide) groups is 1. The smallest absolute Gasteiger partial charge is 0.230 e. The zero-order valence-electron chi connectivity index (χ0n) is 15.1. The Balaban J connectivity index is 1.35. The van der Waals surface area contributed by atoms with Gasteiger partial charge < -0.3 is 10.1 Å². The van der Waals surface area contributed by atoms with E-state index in [0.29, 0.717) is 12.4 Å². The Hall–Kier alpha value is -3.33. The van der Waals surface area contributed by atoms with Crippen LogP contribution >= 0.6 is 11.8 Å². The number of amides is 1. The predicted molar refractivity (Wildman–Crippen MR) is 106 cm³/mol. The molecular weight excluding hydrogens is 376 g/mol. The SMILES string of the molecule is COc1ccc(-n2ccnc2SCC(=O)NCc2nnc3ccccn23)cc1.